The van der Waals surface area contributed by atoms with E-state index in [-0.39, 0.29) is 18.4 Å². The molecule has 0 rings (SSSR count). The average molecular weight is 253 g/mol. The molecule has 0 saturated carbocycles. The van der Waals surface area contributed by atoms with Gasteiger partial charge in [0, 0.05) is 16.1 Å². The van der Waals surface area contributed by atoms with Crippen LogP contribution in [0.15, 0.2) is 0 Å². The first-order valence-corrected chi connectivity index (χ1v) is 4.64. The molecule has 1 atom stereocenters. The number of halogens is 1. The van der Waals surface area contributed by atoms with Crippen molar-refractivity contribution in [3.05, 3.63) is 0 Å². The van der Waals surface area contributed by atoms with E-state index in [0.717, 1.165) is 0 Å². The third-order valence-corrected chi connectivity index (χ3v) is 1.97. The Labute approximate surface area is 85.2 Å². The highest BCUT2D eigenvalue weighted by Crippen LogP contribution is 2.02. The average Bonchev–Trinajstić information content (AvgIpc) is 2.01. The first-order chi connectivity index (χ1) is 5.99. The fourth-order valence-electron chi connectivity index (χ4n) is 0.751. The van der Waals surface area contributed by atoms with Gasteiger partial charge in [0.05, 0.1) is 6.04 Å². The van der Waals surface area contributed by atoms with Crippen LogP contribution in [0.5, 0.6) is 0 Å². The maximum Gasteiger partial charge on any atom is 0.322 e. The van der Waals surface area contributed by atoms with E-state index in [0.29, 0.717) is 0 Å². The highest BCUT2D eigenvalue weighted by Gasteiger charge is 2.20. The van der Waals surface area contributed by atoms with Gasteiger partial charge in [-0.2, -0.15) is 0 Å². The van der Waals surface area contributed by atoms with Crippen LogP contribution in [0.4, 0.5) is 0 Å². The Bertz CT molecular complexity index is 196. The number of carboxylic acids is 1. The Morgan fingerprint density at radius 3 is 2.31 bits per heavy atom. The first-order valence-electron chi connectivity index (χ1n) is 3.84. The van der Waals surface area contributed by atoms with Crippen LogP contribution in [-0.2, 0) is 9.59 Å². The zero-order valence-corrected chi connectivity index (χ0v) is 9.09. The van der Waals surface area contributed by atoms with Crippen molar-refractivity contribution >= 4 is 28.0 Å². The SMILES string of the molecule is CC(C)[C@H](NBr)C(=O)NCC(=O)O. The lowest BCUT2D eigenvalue weighted by Gasteiger charge is -2.17. The molecule has 0 aromatic carbocycles. The molecule has 0 saturated heterocycles. The first kappa shape index (κ1) is 12.4. The fraction of sp³-hybridized carbons (Fsp3) is 0.714. The summed E-state index contributed by atoms with van der Waals surface area (Å²) in [5.74, 6) is -1.28. The molecular formula is C7H13BrN2O3. The van der Waals surface area contributed by atoms with Gasteiger partial charge in [0.1, 0.15) is 6.54 Å². The van der Waals surface area contributed by atoms with Crippen LogP contribution in [0, 0.1) is 5.92 Å². The number of hydrogen-bond acceptors (Lipinski definition) is 3. The van der Waals surface area contributed by atoms with Gasteiger partial charge in [-0.15, -0.1) is 0 Å². The van der Waals surface area contributed by atoms with Gasteiger partial charge in [0.25, 0.3) is 0 Å². The second kappa shape index (κ2) is 5.93. The van der Waals surface area contributed by atoms with E-state index in [2.05, 4.69) is 25.8 Å². The third kappa shape index (κ3) is 4.84. The van der Waals surface area contributed by atoms with E-state index in [1.807, 2.05) is 13.8 Å². The Hall–Kier alpha value is -0.620. The van der Waals surface area contributed by atoms with Crippen molar-refractivity contribution in [3.63, 3.8) is 0 Å². The minimum Gasteiger partial charge on any atom is -0.480 e. The van der Waals surface area contributed by atoms with Crippen LogP contribution >= 0.6 is 16.1 Å². The molecule has 0 aliphatic heterocycles. The summed E-state index contributed by atoms with van der Waals surface area (Å²) in [6, 6.07) is -0.417. The van der Waals surface area contributed by atoms with Crippen molar-refractivity contribution in [2.45, 2.75) is 19.9 Å². The lowest BCUT2D eigenvalue weighted by molar-refractivity contribution is -0.138. The molecule has 3 N–H and O–H groups in total. The van der Waals surface area contributed by atoms with E-state index in [9.17, 15) is 9.59 Å². The number of rotatable bonds is 5. The summed E-state index contributed by atoms with van der Waals surface area (Å²) in [7, 11) is 0. The van der Waals surface area contributed by atoms with Gasteiger partial charge in [0.2, 0.25) is 5.91 Å². The van der Waals surface area contributed by atoms with Crippen molar-refractivity contribution in [2.75, 3.05) is 6.54 Å². The van der Waals surface area contributed by atoms with Gasteiger partial charge in [0.15, 0.2) is 0 Å². The van der Waals surface area contributed by atoms with E-state index < -0.39 is 12.0 Å². The number of carboxylic acid groups (broad SMARTS) is 1. The predicted molar refractivity (Wildman–Crippen MR) is 51.3 cm³/mol. The lowest BCUT2D eigenvalue weighted by atomic mass is 10.1. The van der Waals surface area contributed by atoms with Crippen LogP contribution in [0.2, 0.25) is 0 Å². The summed E-state index contributed by atoms with van der Waals surface area (Å²) in [5, 5.41) is 10.6. The smallest absolute Gasteiger partial charge is 0.322 e. The minimum absolute atomic E-state index is 0.0909. The van der Waals surface area contributed by atoms with Crippen LogP contribution in [0.1, 0.15) is 13.8 Å². The molecule has 0 spiro atoms. The molecule has 0 aliphatic carbocycles. The molecule has 6 heteroatoms. The monoisotopic (exact) mass is 252 g/mol. The maximum absolute atomic E-state index is 11.3. The number of carbonyl (C=O) groups excluding carboxylic acids is 1. The van der Waals surface area contributed by atoms with Gasteiger partial charge in [-0.25, -0.2) is 4.34 Å². The molecule has 0 unspecified atom stereocenters. The van der Waals surface area contributed by atoms with E-state index >= 15 is 0 Å². The second-order valence-corrected chi connectivity index (χ2v) is 3.40. The summed E-state index contributed by atoms with van der Waals surface area (Å²) in [5.41, 5.74) is 0. The topological polar surface area (TPSA) is 78.4 Å². The van der Waals surface area contributed by atoms with Crippen molar-refractivity contribution in [1.82, 2.24) is 9.66 Å². The van der Waals surface area contributed by atoms with E-state index in [1.165, 1.54) is 0 Å². The molecule has 0 aromatic rings. The zero-order valence-electron chi connectivity index (χ0n) is 7.50. The molecule has 1 amide bonds. The molecular weight excluding hydrogens is 240 g/mol. The fourth-order valence-corrected chi connectivity index (χ4v) is 1.49. The zero-order chi connectivity index (χ0) is 10.4. The maximum atomic E-state index is 11.3. The molecule has 13 heavy (non-hydrogen) atoms. The summed E-state index contributed by atoms with van der Waals surface area (Å²) in [6.45, 7) is 3.37. The quantitative estimate of drug-likeness (QED) is 0.608. The minimum atomic E-state index is -1.05. The van der Waals surface area contributed by atoms with Gasteiger partial charge >= 0.3 is 5.97 Å². The normalized spacial score (nSPS) is 12.6. The molecule has 76 valence electrons. The van der Waals surface area contributed by atoms with Crippen LogP contribution in [0.3, 0.4) is 0 Å². The van der Waals surface area contributed by atoms with Crippen LogP contribution in [-0.4, -0.2) is 29.6 Å². The number of aliphatic carboxylic acids is 1. The van der Waals surface area contributed by atoms with Gasteiger partial charge in [-0.1, -0.05) is 13.8 Å². The van der Waals surface area contributed by atoms with Gasteiger partial charge in [-0.05, 0) is 5.92 Å². The van der Waals surface area contributed by atoms with Crippen LogP contribution in [0.25, 0.3) is 0 Å². The van der Waals surface area contributed by atoms with Crippen molar-refractivity contribution < 1.29 is 14.7 Å². The lowest BCUT2D eigenvalue weighted by Crippen LogP contribution is -2.45. The number of amides is 1. The number of nitrogens with one attached hydrogen (secondary N) is 2. The van der Waals surface area contributed by atoms with Crippen molar-refractivity contribution in [2.24, 2.45) is 5.92 Å². The molecule has 0 bridgehead atoms. The highest BCUT2D eigenvalue weighted by molar-refractivity contribution is 9.08. The van der Waals surface area contributed by atoms with E-state index in [4.69, 9.17) is 5.11 Å². The highest BCUT2D eigenvalue weighted by atomic mass is 79.9. The summed E-state index contributed by atoms with van der Waals surface area (Å²) < 4.78 is 2.63. The van der Waals surface area contributed by atoms with E-state index in [1.54, 1.807) is 0 Å². The predicted octanol–water partition coefficient (Wildman–Crippen LogP) is 0.111. The number of hydrogen-bond donors (Lipinski definition) is 3. The van der Waals surface area contributed by atoms with Crippen molar-refractivity contribution in [3.8, 4) is 0 Å². The Balaban J connectivity index is 3.99. The molecule has 0 aliphatic rings. The van der Waals surface area contributed by atoms with Crippen LogP contribution < -0.4 is 9.66 Å². The molecule has 0 aromatic heterocycles. The summed E-state index contributed by atoms with van der Waals surface area (Å²) >= 11 is 2.97. The summed E-state index contributed by atoms with van der Waals surface area (Å²) in [6.07, 6.45) is 0. The second-order valence-electron chi connectivity index (χ2n) is 2.94. The molecule has 0 heterocycles. The molecule has 5 nitrogen and oxygen atoms in total. The molecule has 0 fully saturated rings. The Morgan fingerprint density at radius 2 is 2.00 bits per heavy atom. The Morgan fingerprint density at radius 1 is 1.46 bits per heavy atom. The standard InChI is InChI=1S/C7H13BrN2O3/c1-4(2)6(10-8)7(13)9-3-5(11)12/h4,6,10H,3H2,1-2H3,(H,9,13)(H,11,12)/t6-/m0/s1. The third-order valence-electron chi connectivity index (χ3n) is 1.48. The van der Waals surface area contributed by atoms with Gasteiger partial charge < -0.3 is 10.4 Å². The van der Waals surface area contributed by atoms with Gasteiger partial charge in [-0.3, -0.25) is 9.59 Å². The largest absolute Gasteiger partial charge is 0.480 e. The molecule has 0 radical (unpaired) electrons. The number of carbonyl (C=O) groups is 2. The Kier molecular flexibility index (Phi) is 5.65. The van der Waals surface area contributed by atoms with Crippen molar-refractivity contribution in [1.29, 1.82) is 0 Å². The summed E-state index contributed by atoms with van der Waals surface area (Å²) in [4.78, 5) is 21.4.